The summed E-state index contributed by atoms with van der Waals surface area (Å²) >= 11 is 5.77. The van der Waals surface area contributed by atoms with Gasteiger partial charge in [0.2, 0.25) is 5.91 Å². The van der Waals surface area contributed by atoms with Gasteiger partial charge < -0.3 is 9.64 Å². The van der Waals surface area contributed by atoms with Crippen LogP contribution in [0.25, 0.3) is 0 Å². The van der Waals surface area contributed by atoms with Crippen molar-refractivity contribution in [1.29, 1.82) is 0 Å². The van der Waals surface area contributed by atoms with Gasteiger partial charge in [-0.15, -0.1) is 0 Å². The van der Waals surface area contributed by atoms with Gasteiger partial charge in [-0.2, -0.15) is 0 Å². The van der Waals surface area contributed by atoms with Crippen molar-refractivity contribution in [2.24, 2.45) is 0 Å². The van der Waals surface area contributed by atoms with E-state index in [1.54, 1.807) is 12.1 Å². The Bertz CT molecular complexity index is 668. The number of carbonyl (C=O) groups is 2. The van der Waals surface area contributed by atoms with Crippen molar-refractivity contribution in [1.82, 2.24) is 9.80 Å². The number of ether oxygens (including phenoxy) is 1. The van der Waals surface area contributed by atoms with Gasteiger partial charge in [-0.05, 0) is 37.6 Å². The fourth-order valence-electron chi connectivity index (χ4n) is 3.48. The highest BCUT2D eigenvalue weighted by atomic mass is 35.5. The number of piperidine rings is 1. The molecule has 2 atom stereocenters. The molecule has 2 saturated heterocycles. The lowest BCUT2D eigenvalue weighted by atomic mass is 10.0. The summed E-state index contributed by atoms with van der Waals surface area (Å²) in [5.41, 5.74) is 0. The third kappa shape index (κ3) is 4.03. The maximum atomic E-state index is 14.2. The highest BCUT2D eigenvalue weighted by Crippen LogP contribution is 2.33. The van der Waals surface area contributed by atoms with Crippen LogP contribution in [0.2, 0.25) is 5.02 Å². The van der Waals surface area contributed by atoms with Crippen LogP contribution < -0.4 is 4.74 Å². The zero-order valence-corrected chi connectivity index (χ0v) is 14.5. The number of rotatable bonds is 2. The predicted molar refractivity (Wildman–Crippen MR) is 87.9 cm³/mol. The molecule has 0 N–H and O–H groups in total. The Kier molecular flexibility index (Phi) is 4.86. The van der Waals surface area contributed by atoms with Crippen LogP contribution in [-0.4, -0.2) is 52.9 Å². The zero-order chi connectivity index (χ0) is 18.2. The first-order valence-electron chi connectivity index (χ1n) is 8.16. The first kappa shape index (κ1) is 17.9. The number of carbonyl (C=O) groups excluding carboxylic acids is 2. The van der Waals surface area contributed by atoms with Crippen LogP contribution in [0.4, 0.5) is 13.6 Å². The Labute approximate surface area is 149 Å². The Morgan fingerprint density at radius 1 is 1.32 bits per heavy atom. The van der Waals surface area contributed by atoms with Gasteiger partial charge in [0.05, 0.1) is 12.6 Å². The molecule has 2 amide bonds. The molecule has 0 bridgehead atoms. The smallest absolute Gasteiger partial charge is 0.410 e. The molecular formula is C17H19ClF2N2O3. The van der Waals surface area contributed by atoms with E-state index >= 15 is 0 Å². The molecule has 0 aliphatic carbocycles. The summed E-state index contributed by atoms with van der Waals surface area (Å²) in [5, 5.41) is 0.478. The number of amides is 2. The normalized spacial score (nSPS) is 26.0. The molecule has 2 heterocycles. The SMILES string of the molecule is C[C@@H]1CCC(=O)N1C1CN(C(=O)Oc2ccc(Cl)cc2)CC(F)(F)C1. The summed E-state index contributed by atoms with van der Waals surface area (Å²) in [6, 6.07) is 5.27. The van der Waals surface area contributed by atoms with E-state index in [4.69, 9.17) is 16.3 Å². The van der Waals surface area contributed by atoms with E-state index in [-0.39, 0.29) is 24.2 Å². The van der Waals surface area contributed by atoms with Crippen molar-refractivity contribution in [3.63, 3.8) is 0 Å². The lowest BCUT2D eigenvalue weighted by molar-refractivity contribution is -0.137. The van der Waals surface area contributed by atoms with Crippen molar-refractivity contribution >= 4 is 23.6 Å². The molecule has 25 heavy (non-hydrogen) atoms. The highest BCUT2D eigenvalue weighted by molar-refractivity contribution is 6.30. The summed E-state index contributed by atoms with van der Waals surface area (Å²) in [7, 11) is 0. The highest BCUT2D eigenvalue weighted by Gasteiger charge is 2.47. The second-order valence-electron chi connectivity index (χ2n) is 6.61. The topological polar surface area (TPSA) is 49.9 Å². The van der Waals surface area contributed by atoms with Crippen molar-refractivity contribution in [3.05, 3.63) is 29.3 Å². The molecule has 3 rings (SSSR count). The van der Waals surface area contributed by atoms with Crippen molar-refractivity contribution < 1.29 is 23.1 Å². The monoisotopic (exact) mass is 372 g/mol. The summed E-state index contributed by atoms with van der Waals surface area (Å²) in [6.07, 6.45) is -0.284. The van der Waals surface area contributed by atoms with E-state index in [1.165, 1.54) is 17.0 Å². The third-order valence-electron chi connectivity index (χ3n) is 4.60. The maximum absolute atomic E-state index is 14.2. The first-order valence-corrected chi connectivity index (χ1v) is 8.54. The molecule has 136 valence electrons. The van der Waals surface area contributed by atoms with Gasteiger partial charge in [0.15, 0.2) is 0 Å². The van der Waals surface area contributed by atoms with Crippen molar-refractivity contribution in [3.8, 4) is 5.75 Å². The van der Waals surface area contributed by atoms with Gasteiger partial charge >= 0.3 is 6.09 Å². The largest absolute Gasteiger partial charge is 0.415 e. The molecular weight excluding hydrogens is 354 g/mol. The molecule has 1 aromatic carbocycles. The van der Waals surface area contributed by atoms with Gasteiger partial charge in [0, 0.05) is 30.5 Å². The quantitative estimate of drug-likeness (QED) is 0.797. The second kappa shape index (κ2) is 6.78. The molecule has 1 aromatic rings. The van der Waals surface area contributed by atoms with Crippen molar-refractivity contribution in [2.45, 2.75) is 44.2 Å². The summed E-state index contributed by atoms with van der Waals surface area (Å²) in [4.78, 5) is 26.8. The molecule has 2 aliphatic rings. The number of halogens is 3. The van der Waals surface area contributed by atoms with Gasteiger partial charge in [0.1, 0.15) is 5.75 Å². The van der Waals surface area contributed by atoms with Crippen LogP contribution >= 0.6 is 11.6 Å². The zero-order valence-electron chi connectivity index (χ0n) is 13.8. The van der Waals surface area contributed by atoms with E-state index in [0.717, 1.165) is 4.90 Å². The van der Waals surface area contributed by atoms with Crippen LogP contribution in [0.3, 0.4) is 0 Å². The molecule has 0 spiro atoms. The average Bonchev–Trinajstić information content (AvgIpc) is 2.87. The molecule has 2 fully saturated rings. The minimum Gasteiger partial charge on any atom is -0.410 e. The van der Waals surface area contributed by atoms with Crippen LogP contribution in [-0.2, 0) is 4.79 Å². The Balaban J connectivity index is 1.73. The van der Waals surface area contributed by atoms with Crippen LogP contribution in [0.5, 0.6) is 5.75 Å². The number of benzene rings is 1. The molecule has 0 aromatic heterocycles. The fourth-order valence-corrected chi connectivity index (χ4v) is 3.60. The number of nitrogens with zero attached hydrogens (tertiary/aromatic N) is 2. The van der Waals surface area contributed by atoms with Crippen LogP contribution in [0.15, 0.2) is 24.3 Å². The molecule has 2 aliphatic heterocycles. The number of likely N-dealkylation sites (tertiary alicyclic amines) is 2. The summed E-state index contributed by atoms with van der Waals surface area (Å²) in [6.45, 7) is 1.17. The molecule has 1 unspecified atom stereocenters. The molecule has 5 nitrogen and oxygen atoms in total. The number of alkyl halides is 2. The van der Waals surface area contributed by atoms with Gasteiger partial charge in [-0.1, -0.05) is 11.6 Å². The second-order valence-corrected chi connectivity index (χ2v) is 7.04. The van der Waals surface area contributed by atoms with Crippen LogP contribution in [0.1, 0.15) is 26.2 Å². The first-order chi connectivity index (χ1) is 11.7. The van der Waals surface area contributed by atoms with Gasteiger partial charge in [-0.25, -0.2) is 13.6 Å². The van der Waals surface area contributed by atoms with Crippen LogP contribution in [0, 0.1) is 0 Å². The number of hydrogen-bond acceptors (Lipinski definition) is 3. The van der Waals surface area contributed by atoms with E-state index < -0.39 is 31.0 Å². The maximum Gasteiger partial charge on any atom is 0.415 e. The molecule has 0 radical (unpaired) electrons. The minimum atomic E-state index is -3.06. The Hall–Kier alpha value is -1.89. The van der Waals surface area contributed by atoms with E-state index in [0.29, 0.717) is 17.9 Å². The van der Waals surface area contributed by atoms with Gasteiger partial charge in [0.25, 0.3) is 5.92 Å². The predicted octanol–water partition coefficient (Wildman–Crippen LogP) is 3.56. The lowest BCUT2D eigenvalue weighted by Crippen LogP contribution is -2.58. The van der Waals surface area contributed by atoms with E-state index in [9.17, 15) is 18.4 Å². The van der Waals surface area contributed by atoms with E-state index in [2.05, 4.69) is 0 Å². The van der Waals surface area contributed by atoms with E-state index in [1.807, 2.05) is 6.92 Å². The Morgan fingerprint density at radius 2 is 2.00 bits per heavy atom. The average molecular weight is 373 g/mol. The Morgan fingerprint density at radius 3 is 2.60 bits per heavy atom. The molecule has 0 saturated carbocycles. The third-order valence-corrected chi connectivity index (χ3v) is 4.85. The summed E-state index contributed by atoms with van der Waals surface area (Å²) in [5.74, 6) is -2.98. The summed E-state index contributed by atoms with van der Waals surface area (Å²) < 4.78 is 33.5. The fraction of sp³-hybridized carbons (Fsp3) is 0.529. The number of hydrogen-bond donors (Lipinski definition) is 0. The molecule has 8 heteroatoms. The standard InChI is InChI=1S/C17H19ClF2N2O3/c1-11-2-7-15(23)22(11)13-8-17(19,20)10-21(9-13)16(24)25-14-5-3-12(18)4-6-14/h3-6,11,13H,2,7-10H2,1H3/t11-,13?/m1/s1. The minimum absolute atomic E-state index is 0.0398. The van der Waals surface area contributed by atoms with Gasteiger partial charge in [-0.3, -0.25) is 9.69 Å². The van der Waals surface area contributed by atoms with Crippen molar-refractivity contribution in [2.75, 3.05) is 13.1 Å². The lowest BCUT2D eigenvalue weighted by Gasteiger charge is -2.42.